The maximum atomic E-state index is 14.5. The van der Waals surface area contributed by atoms with Gasteiger partial charge in [-0.15, -0.1) is 45.3 Å². The molecule has 0 saturated carbocycles. The van der Waals surface area contributed by atoms with Crippen molar-refractivity contribution in [3.05, 3.63) is 154 Å². The molecule has 0 aliphatic heterocycles. The van der Waals surface area contributed by atoms with Crippen molar-refractivity contribution >= 4 is 102 Å². The fourth-order valence-corrected chi connectivity index (χ4v) is 13.9. The van der Waals surface area contributed by atoms with Crippen LogP contribution in [0.5, 0.6) is 5.75 Å². The second-order valence-electron chi connectivity index (χ2n) is 17.2. The maximum Gasteiger partial charge on any atom is 0.335 e. The van der Waals surface area contributed by atoms with Gasteiger partial charge in [-0.2, -0.15) is 5.26 Å². The molecule has 4 aromatic carbocycles. The Morgan fingerprint density at radius 1 is 0.657 bits per heavy atom. The van der Waals surface area contributed by atoms with Crippen molar-refractivity contribution in [3.63, 3.8) is 0 Å². The average molecular weight is 1000 g/mol. The molecule has 70 heavy (non-hydrogen) atoms. The minimum atomic E-state index is -1.09. The number of amides is 1. The standard InChI is InChI=1S/C57H49N3O6S4/c1-6-59-45-13-10-9-12-43(45)44-30-38(17-24-46(44)59)48-27-34(3)54(68-48)50-29-36(5)55(70-50)51-28-35(4)53(69-51)49-26-33(2)47(67-49)31-39(32-58)56(63)60(40-18-15-37(16-19-40)57(64)65)41-20-22-42(23-21-41)66-25-11-7-8-14-52(61)62/h9-10,12-13,15-24,26-31H,6-8,11,14,25H2,1-5H3,(H,61,62)(H,64,65)/b39-31+. The third-order valence-electron chi connectivity index (χ3n) is 12.4. The summed E-state index contributed by atoms with van der Waals surface area (Å²) in [5, 5.41) is 31.5. The molecule has 0 unspecified atom stereocenters. The molecule has 0 aliphatic carbocycles. The first-order chi connectivity index (χ1) is 33.8. The monoisotopic (exact) mass is 999 g/mol. The van der Waals surface area contributed by atoms with E-state index in [0.717, 1.165) is 38.7 Å². The van der Waals surface area contributed by atoms with E-state index in [9.17, 15) is 24.8 Å². The van der Waals surface area contributed by atoms with E-state index < -0.39 is 17.8 Å². The predicted octanol–water partition coefficient (Wildman–Crippen LogP) is 16.0. The number of nitriles is 1. The highest BCUT2D eigenvalue weighted by Crippen LogP contribution is 2.49. The number of aliphatic carboxylic acids is 1. The summed E-state index contributed by atoms with van der Waals surface area (Å²) in [6.45, 7) is 12.0. The Bertz CT molecular complexity index is 3520. The van der Waals surface area contributed by atoms with E-state index in [1.165, 1.54) is 91.3 Å². The third-order valence-corrected chi connectivity index (χ3v) is 17.8. The molecular weight excluding hydrogens is 951 g/mol. The van der Waals surface area contributed by atoms with Crippen molar-refractivity contribution in [1.82, 2.24) is 4.57 Å². The highest BCUT2D eigenvalue weighted by Gasteiger charge is 2.25. The number of rotatable bonds is 17. The molecule has 5 heterocycles. The quantitative estimate of drug-likeness (QED) is 0.0527. The molecule has 5 aromatic heterocycles. The number of ether oxygens (including phenoxy) is 1. The van der Waals surface area contributed by atoms with Gasteiger partial charge < -0.3 is 19.5 Å². The molecule has 0 fully saturated rings. The SMILES string of the molecule is CCn1c2ccccc2c2cc(-c3cc(C)c(-c4cc(C)c(-c5cc(C)c(-c6cc(C)c(/C=C(\C#N)C(=O)N(c7ccc(OCCCCCC(=O)O)cc7)c7ccc(C(=O)O)cc7)s6)s5)s4)s3)ccc21. The van der Waals surface area contributed by atoms with Crippen molar-refractivity contribution in [1.29, 1.82) is 5.26 Å². The first-order valence-electron chi connectivity index (χ1n) is 23.0. The van der Waals surface area contributed by atoms with Crippen molar-refractivity contribution in [2.45, 2.75) is 66.8 Å². The Labute approximate surface area is 422 Å². The minimum Gasteiger partial charge on any atom is -0.494 e. The van der Waals surface area contributed by atoms with Gasteiger partial charge in [-0.1, -0.05) is 24.3 Å². The summed E-state index contributed by atoms with van der Waals surface area (Å²) in [4.78, 5) is 47.6. The van der Waals surface area contributed by atoms with Gasteiger partial charge in [0.25, 0.3) is 5.91 Å². The first kappa shape index (κ1) is 48.0. The number of carbonyl (C=O) groups is 3. The van der Waals surface area contributed by atoms with E-state index in [-0.39, 0.29) is 17.6 Å². The molecule has 0 aliphatic rings. The number of aromatic nitrogens is 1. The van der Waals surface area contributed by atoms with Gasteiger partial charge in [0, 0.05) is 85.2 Å². The summed E-state index contributed by atoms with van der Waals surface area (Å²) < 4.78 is 8.27. The lowest BCUT2D eigenvalue weighted by atomic mass is 10.1. The number of carboxylic acids is 2. The average Bonchev–Trinajstić information content (AvgIpc) is 4.19. The van der Waals surface area contributed by atoms with Gasteiger partial charge in [0.05, 0.1) is 12.2 Å². The van der Waals surface area contributed by atoms with E-state index >= 15 is 0 Å². The molecule has 9 rings (SSSR count). The fraction of sp³-hybridized carbons (Fsp3) is 0.193. The number of hydrogen-bond acceptors (Lipinski definition) is 9. The Morgan fingerprint density at radius 3 is 1.84 bits per heavy atom. The lowest BCUT2D eigenvalue weighted by Gasteiger charge is -2.23. The lowest BCUT2D eigenvalue weighted by Crippen LogP contribution is -2.27. The smallest absolute Gasteiger partial charge is 0.335 e. The van der Waals surface area contributed by atoms with Gasteiger partial charge in [-0.05, 0) is 179 Å². The fourth-order valence-electron chi connectivity index (χ4n) is 8.81. The molecule has 0 atom stereocenters. The number of thiophene rings is 4. The maximum absolute atomic E-state index is 14.5. The normalized spacial score (nSPS) is 11.6. The minimum absolute atomic E-state index is 0.0659. The number of aromatic carboxylic acids is 1. The molecule has 9 nitrogen and oxygen atoms in total. The highest BCUT2D eigenvalue weighted by molar-refractivity contribution is 7.29. The van der Waals surface area contributed by atoms with Gasteiger partial charge in [0.2, 0.25) is 0 Å². The molecule has 0 bridgehead atoms. The molecule has 352 valence electrons. The largest absolute Gasteiger partial charge is 0.494 e. The molecular formula is C57H49N3O6S4. The molecule has 0 radical (unpaired) electrons. The van der Waals surface area contributed by atoms with Gasteiger partial charge in [0.15, 0.2) is 0 Å². The molecule has 1 amide bonds. The lowest BCUT2D eigenvalue weighted by molar-refractivity contribution is -0.137. The number of anilines is 2. The second-order valence-corrected chi connectivity index (χ2v) is 21.5. The zero-order chi connectivity index (χ0) is 49.2. The van der Waals surface area contributed by atoms with Crippen LogP contribution in [0.25, 0.3) is 67.6 Å². The Hall–Kier alpha value is -7.08. The van der Waals surface area contributed by atoms with E-state index in [1.54, 1.807) is 53.8 Å². The Morgan fingerprint density at radius 2 is 1.23 bits per heavy atom. The molecule has 0 spiro atoms. The zero-order valence-corrected chi connectivity index (χ0v) is 42.6. The Kier molecular flexibility index (Phi) is 14.0. The van der Waals surface area contributed by atoms with Crippen LogP contribution in [0.2, 0.25) is 0 Å². The van der Waals surface area contributed by atoms with Gasteiger partial charge in [-0.3, -0.25) is 14.5 Å². The summed E-state index contributed by atoms with van der Waals surface area (Å²) >= 11 is 6.97. The zero-order valence-electron chi connectivity index (χ0n) is 39.3. The number of fused-ring (bicyclic) bond motifs is 3. The summed E-state index contributed by atoms with van der Waals surface area (Å²) in [5.74, 6) is -1.91. The van der Waals surface area contributed by atoms with Crippen molar-refractivity contribution < 1.29 is 29.3 Å². The summed E-state index contributed by atoms with van der Waals surface area (Å²) in [6, 6.07) is 39.5. The molecule has 9 aromatic rings. The first-order valence-corrected chi connectivity index (χ1v) is 26.3. The predicted molar refractivity (Wildman–Crippen MR) is 289 cm³/mol. The number of aryl methyl sites for hydroxylation is 5. The Balaban J connectivity index is 0.959. The van der Waals surface area contributed by atoms with Crippen molar-refractivity contribution in [3.8, 4) is 51.5 Å². The summed E-state index contributed by atoms with van der Waals surface area (Å²) in [5.41, 5.74) is 9.17. The van der Waals surface area contributed by atoms with E-state index in [4.69, 9.17) is 9.84 Å². The van der Waals surface area contributed by atoms with Crippen molar-refractivity contribution in [2.24, 2.45) is 0 Å². The number of carbonyl (C=O) groups excluding carboxylic acids is 1. The molecule has 13 heteroatoms. The number of hydrogen-bond donors (Lipinski definition) is 2. The number of para-hydroxylation sites is 1. The number of nitrogens with zero attached hydrogens (tertiary/aromatic N) is 3. The van der Waals surface area contributed by atoms with Crippen LogP contribution in [0.4, 0.5) is 11.4 Å². The van der Waals surface area contributed by atoms with Crippen LogP contribution in [0.3, 0.4) is 0 Å². The van der Waals surface area contributed by atoms with Crippen LogP contribution in [0.1, 0.15) is 70.1 Å². The van der Waals surface area contributed by atoms with Gasteiger partial charge >= 0.3 is 11.9 Å². The second kappa shape index (κ2) is 20.5. The van der Waals surface area contributed by atoms with Crippen LogP contribution < -0.4 is 9.64 Å². The van der Waals surface area contributed by atoms with Crippen LogP contribution >= 0.6 is 45.3 Å². The van der Waals surface area contributed by atoms with Crippen LogP contribution in [0, 0.1) is 39.0 Å². The third kappa shape index (κ3) is 9.73. The van der Waals surface area contributed by atoms with E-state index in [1.807, 2.05) is 29.6 Å². The number of benzene rings is 4. The van der Waals surface area contributed by atoms with Crippen LogP contribution in [0.15, 0.2) is 121 Å². The highest BCUT2D eigenvalue weighted by atomic mass is 32.1. The van der Waals surface area contributed by atoms with Crippen LogP contribution in [-0.2, 0) is 16.1 Å². The van der Waals surface area contributed by atoms with E-state index in [0.29, 0.717) is 36.6 Å². The summed E-state index contributed by atoms with van der Waals surface area (Å²) in [7, 11) is 0. The van der Waals surface area contributed by atoms with Crippen LogP contribution in [-0.4, -0.2) is 39.2 Å². The number of carboxylic acid groups (broad SMARTS) is 2. The topological polar surface area (TPSA) is 133 Å². The molecule has 2 N–H and O–H groups in total. The van der Waals surface area contributed by atoms with E-state index in [2.05, 4.69) is 105 Å². The van der Waals surface area contributed by atoms with Crippen molar-refractivity contribution in [2.75, 3.05) is 11.5 Å². The van der Waals surface area contributed by atoms with Gasteiger partial charge in [-0.25, -0.2) is 4.79 Å². The van der Waals surface area contributed by atoms with Gasteiger partial charge in [0.1, 0.15) is 17.4 Å². The molecule has 0 saturated heterocycles. The summed E-state index contributed by atoms with van der Waals surface area (Å²) in [6.07, 6.45) is 3.76. The number of unbranched alkanes of at least 4 members (excludes halogenated alkanes) is 2.